The summed E-state index contributed by atoms with van der Waals surface area (Å²) in [7, 11) is 0. The first kappa shape index (κ1) is 12.9. The molecule has 4 heteroatoms. The van der Waals surface area contributed by atoms with Gasteiger partial charge in [0.2, 0.25) is 5.91 Å². The van der Waals surface area contributed by atoms with Crippen LogP contribution in [0.1, 0.15) is 24.9 Å². The molecule has 17 heavy (non-hydrogen) atoms. The second-order valence-electron chi connectivity index (χ2n) is 4.47. The number of carbonyl (C=O) groups excluding carboxylic acids is 1. The average Bonchev–Trinajstić information content (AvgIpc) is 2.70. The molecule has 1 fully saturated rings. The van der Waals surface area contributed by atoms with Crippen molar-refractivity contribution in [1.29, 1.82) is 0 Å². The molecule has 0 N–H and O–H groups in total. The molecule has 1 aromatic carbocycles. The van der Waals surface area contributed by atoms with E-state index in [-0.39, 0.29) is 11.9 Å². The molecule has 1 aliphatic heterocycles. The topological polar surface area (TPSA) is 20.3 Å². The zero-order chi connectivity index (χ0) is 12.4. The normalized spacial score (nSPS) is 21.9. The van der Waals surface area contributed by atoms with Gasteiger partial charge >= 0.3 is 0 Å². The van der Waals surface area contributed by atoms with Gasteiger partial charge < -0.3 is 4.90 Å². The summed E-state index contributed by atoms with van der Waals surface area (Å²) in [4.78, 5) is 13.9. The van der Waals surface area contributed by atoms with E-state index in [2.05, 4.69) is 15.9 Å². The lowest BCUT2D eigenvalue weighted by atomic mass is 10.1. The van der Waals surface area contributed by atoms with Crippen molar-refractivity contribution in [3.63, 3.8) is 0 Å². The molecule has 1 aliphatic rings. The van der Waals surface area contributed by atoms with Gasteiger partial charge in [0.05, 0.1) is 6.04 Å². The molecule has 1 amide bonds. The Morgan fingerprint density at radius 2 is 2.24 bits per heavy atom. The van der Waals surface area contributed by atoms with E-state index in [4.69, 9.17) is 11.6 Å². The molecule has 0 aromatic heterocycles. The molecule has 0 spiro atoms. The highest BCUT2D eigenvalue weighted by molar-refractivity contribution is 9.09. The number of alkyl halides is 1. The fourth-order valence-corrected chi connectivity index (χ4v) is 3.00. The van der Waals surface area contributed by atoms with Crippen LogP contribution in [0.4, 0.5) is 0 Å². The highest BCUT2D eigenvalue weighted by Gasteiger charge is 2.32. The van der Waals surface area contributed by atoms with E-state index in [1.807, 2.05) is 36.1 Å². The zero-order valence-electron chi connectivity index (χ0n) is 9.70. The number of benzene rings is 1. The number of amides is 1. The van der Waals surface area contributed by atoms with Crippen LogP contribution in [0.2, 0.25) is 5.02 Å². The summed E-state index contributed by atoms with van der Waals surface area (Å²) in [6, 6.07) is 7.78. The Hall–Kier alpha value is -0.540. The van der Waals surface area contributed by atoms with E-state index in [0.29, 0.717) is 12.3 Å². The standard InChI is InChI=1S/C13H15BrClNO/c1-9(11-4-2-3-5-12(11)15)16-8-10(7-14)6-13(16)17/h2-5,9-10H,6-8H2,1H3. The maximum Gasteiger partial charge on any atom is 0.223 e. The van der Waals surface area contributed by atoms with Crippen molar-refractivity contribution in [2.24, 2.45) is 5.92 Å². The summed E-state index contributed by atoms with van der Waals surface area (Å²) >= 11 is 9.61. The van der Waals surface area contributed by atoms with Gasteiger partial charge in [0, 0.05) is 23.3 Å². The van der Waals surface area contributed by atoms with Crippen molar-refractivity contribution in [2.45, 2.75) is 19.4 Å². The Labute approximate surface area is 115 Å². The van der Waals surface area contributed by atoms with E-state index < -0.39 is 0 Å². The van der Waals surface area contributed by atoms with Crippen LogP contribution < -0.4 is 0 Å². The van der Waals surface area contributed by atoms with Crippen LogP contribution in [0.5, 0.6) is 0 Å². The Morgan fingerprint density at radius 1 is 1.53 bits per heavy atom. The SMILES string of the molecule is CC(c1ccccc1Cl)N1CC(CBr)CC1=O. The number of hydrogen-bond donors (Lipinski definition) is 0. The van der Waals surface area contributed by atoms with Gasteiger partial charge in [0.25, 0.3) is 0 Å². The van der Waals surface area contributed by atoms with E-state index in [0.717, 1.165) is 22.5 Å². The van der Waals surface area contributed by atoms with E-state index in [9.17, 15) is 4.79 Å². The fourth-order valence-electron chi connectivity index (χ4n) is 2.27. The monoisotopic (exact) mass is 315 g/mol. The molecule has 1 heterocycles. The Balaban J connectivity index is 2.18. The van der Waals surface area contributed by atoms with Gasteiger partial charge in [0.15, 0.2) is 0 Å². The molecule has 2 atom stereocenters. The summed E-state index contributed by atoms with van der Waals surface area (Å²) < 4.78 is 0. The third-order valence-corrected chi connectivity index (χ3v) is 4.54. The van der Waals surface area contributed by atoms with Crippen molar-refractivity contribution in [2.75, 3.05) is 11.9 Å². The van der Waals surface area contributed by atoms with Gasteiger partial charge in [-0.1, -0.05) is 45.7 Å². The minimum Gasteiger partial charge on any atom is -0.336 e. The van der Waals surface area contributed by atoms with Crippen molar-refractivity contribution in [3.05, 3.63) is 34.9 Å². The maximum atomic E-state index is 11.9. The number of nitrogens with zero attached hydrogens (tertiary/aromatic N) is 1. The van der Waals surface area contributed by atoms with Crippen LogP contribution in [0.3, 0.4) is 0 Å². The zero-order valence-corrected chi connectivity index (χ0v) is 12.0. The fraction of sp³-hybridized carbons (Fsp3) is 0.462. The quantitative estimate of drug-likeness (QED) is 0.780. The van der Waals surface area contributed by atoms with Crippen LogP contribution in [-0.2, 0) is 4.79 Å². The molecule has 0 bridgehead atoms. The van der Waals surface area contributed by atoms with Crippen LogP contribution in [0.15, 0.2) is 24.3 Å². The Bertz CT molecular complexity index is 424. The second kappa shape index (κ2) is 5.40. The summed E-state index contributed by atoms with van der Waals surface area (Å²) in [5.41, 5.74) is 1.03. The third-order valence-electron chi connectivity index (χ3n) is 3.28. The van der Waals surface area contributed by atoms with Gasteiger partial charge in [-0.15, -0.1) is 0 Å². The summed E-state index contributed by atoms with van der Waals surface area (Å²) in [5, 5.41) is 1.61. The number of likely N-dealkylation sites (tertiary alicyclic amines) is 1. The first-order valence-corrected chi connectivity index (χ1v) is 7.23. The van der Waals surface area contributed by atoms with Crippen molar-refractivity contribution < 1.29 is 4.79 Å². The molecule has 0 aliphatic carbocycles. The Kier molecular flexibility index (Phi) is 4.10. The molecule has 2 unspecified atom stereocenters. The van der Waals surface area contributed by atoms with Crippen LogP contribution >= 0.6 is 27.5 Å². The largest absolute Gasteiger partial charge is 0.336 e. The number of rotatable bonds is 3. The summed E-state index contributed by atoms with van der Waals surface area (Å²) in [6.45, 7) is 2.85. The van der Waals surface area contributed by atoms with Crippen LogP contribution in [-0.4, -0.2) is 22.7 Å². The maximum absolute atomic E-state index is 11.9. The molecular weight excluding hydrogens is 302 g/mol. The van der Waals surface area contributed by atoms with Crippen molar-refractivity contribution >= 4 is 33.4 Å². The van der Waals surface area contributed by atoms with Crippen LogP contribution in [0.25, 0.3) is 0 Å². The van der Waals surface area contributed by atoms with Gasteiger partial charge in [-0.2, -0.15) is 0 Å². The van der Waals surface area contributed by atoms with Gasteiger partial charge in [0.1, 0.15) is 0 Å². The number of halogens is 2. The highest BCUT2D eigenvalue weighted by Crippen LogP contribution is 2.32. The summed E-state index contributed by atoms with van der Waals surface area (Å²) in [6.07, 6.45) is 0.639. The molecule has 92 valence electrons. The molecule has 2 rings (SSSR count). The molecule has 0 saturated carbocycles. The van der Waals surface area contributed by atoms with Crippen LogP contribution in [0, 0.1) is 5.92 Å². The molecule has 1 saturated heterocycles. The molecule has 1 aromatic rings. The first-order valence-electron chi connectivity index (χ1n) is 5.73. The van der Waals surface area contributed by atoms with Gasteiger partial charge in [-0.3, -0.25) is 4.79 Å². The lowest BCUT2D eigenvalue weighted by Crippen LogP contribution is -2.28. The molecule has 0 radical (unpaired) electrons. The predicted octanol–water partition coefficient (Wildman–Crippen LogP) is 3.64. The van der Waals surface area contributed by atoms with Crippen molar-refractivity contribution in [1.82, 2.24) is 4.90 Å². The first-order chi connectivity index (χ1) is 8.13. The average molecular weight is 317 g/mol. The highest BCUT2D eigenvalue weighted by atomic mass is 79.9. The van der Waals surface area contributed by atoms with E-state index in [1.54, 1.807) is 0 Å². The smallest absolute Gasteiger partial charge is 0.223 e. The number of hydrogen-bond acceptors (Lipinski definition) is 1. The Morgan fingerprint density at radius 3 is 2.82 bits per heavy atom. The lowest BCUT2D eigenvalue weighted by Gasteiger charge is -2.25. The molecular formula is C13H15BrClNO. The number of carbonyl (C=O) groups is 1. The van der Waals surface area contributed by atoms with E-state index in [1.165, 1.54) is 0 Å². The van der Waals surface area contributed by atoms with E-state index >= 15 is 0 Å². The molecule has 2 nitrogen and oxygen atoms in total. The minimum absolute atomic E-state index is 0.0558. The van der Waals surface area contributed by atoms with Crippen molar-refractivity contribution in [3.8, 4) is 0 Å². The van der Waals surface area contributed by atoms with Gasteiger partial charge in [-0.05, 0) is 24.5 Å². The van der Waals surface area contributed by atoms with Gasteiger partial charge in [-0.25, -0.2) is 0 Å². The summed E-state index contributed by atoms with van der Waals surface area (Å²) in [5.74, 6) is 0.648. The third kappa shape index (κ3) is 2.66. The predicted molar refractivity (Wildman–Crippen MR) is 73.5 cm³/mol. The second-order valence-corrected chi connectivity index (χ2v) is 5.52. The minimum atomic E-state index is 0.0558. The lowest BCUT2D eigenvalue weighted by molar-refractivity contribution is -0.129.